The molecule has 10 heteroatoms. The number of piperidine rings is 1. The molecule has 0 unspecified atom stereocenters. The number of fused-ring (bicyclic) bond motifs is 1. The highest BCUT2D eigenvalue weighted by atomic mass is 35.5. The number of pyridine rings is 1. The van der Waals surface area contributed by atoms with Gasteiger partial charge in [0.1, 0.15) is 11.8 Å². The van der Waals surface area contributed by atoms with E-state index < -0.39 is 12.2 Å². The largest absolute Gasteiger partial charge is 0.465 e. The number of hydrogen-bond acceptors (Lipinski definition) is 5. The van der Waals surface area contributed by atoms with Gasteiger partial charge in [-0.25, -0.2) is 9.78 Å². The maximum Gasteiger partial charge on any atom is 0.404 e. The van der Waals surface area contributed by atoms with Crippen molar-refractivity contribution in [2.24, 2.45) is 0 Å². The van der Waals surface area contributed by atoms with Gasteiger partial charge < -0.3 is 30.4 Å². The second kappa shape index (κ2) is 8.01. The number of H-pyrrole nitrogens is 1. The molecule has 2 aromatic heterocycles. The highest BCUT2D eigenvalue weighted by Gasteiger charge is 2.26. The van der Waals surface area contributed by atoms with Crippen LogP contribution >= 0.6 is 11.6 Å². The molecule has 4 N–H and O–H groups in total. The van der Waals surface area contributed by atoms with Crippen molar-refractivity contribution in [1.29, 1.82) is 0 Å². The van der Waals surface area contributed by atoms with E-state index in [-0.39, 0.29) is 11.9 Å². The molecule has 0 radical (unpaired) electrons. The maximum absolute atomic E-state index is 12.2. The Kier molecular flexibility index (Phi) is 5.71. The summed E-state index contributed by atoms with van der Waals surface area (Å²) in [5.74, 6) is -0.284. The van der Waals surface area contributed by atoms with Crippen LogP contribution in [0.25, 0.3) is 11.0 Å². The Balaban J connectivity index is 1.96. The molecule has 0 spiro atoms. The SMILES string of the molecule is CO[C@@H](C)C(=O)Nc1c[nH]c2ncc(Cl)c(N3CCC[C@@H](NC(=O)O)C3)c12. The normalized spacial score (nSPS) is 18.3. The maximum atomic E-state index is 12.2. The van der Waals surface area contributed by atoms with Crippen LogP contribution in [-0.2, 0) is 9.53 Å². The van der Waals surface area contributed by atoms with Gasteiger partial charge in [-0.05, 0) is 19.8 Å². The average Bonchev–Trinajstić information content (AvgIpc) is 3.03. The standard InChI is InChI=1S/C17H22ClN5O4/c1-9(27-2)16(24)22-12-7-20-15-13(12)14(11(18)6-19-15)23-5-3-4-10(8-23)21-17(25)26/h6-7,9-10,21H,3-5,8H2,1-2H3,(H,19,20)(H,22,24)(H,25,26)/t9-,10+/m0/s1. The quantitative estimate of drug-likeness (QED) is 0.617. The number of nitrogens with one attached hydrogen (secondary N) is 3. The summed E-state index contributed by atoms with van der Waals surface area (Å²) >= 11 is 6.45. The zero-order valence-corrected chi connectivity index (χ0v) is 15.8. The fourth-order valence-electron chi connectivity index (χ4n) is 3.28. The minimum absolute atomic E-state index is 0.193. The van der Waals surface area contributed by atoms with E-state index in [4.69, 9.17) is 21.4 Å². The number of nitrogens with zero attached hydrogens (tertiary/aromatic N) is 2. The molecule has 27 heavy (non-hydrogen) atoms. The van der Waals surface area contributed by atoms with Crippen molar-refractivity contribution in [2.45, 2.75) is 31.9 Å². The van der Waals surface area contributed by atoms with E-state index in [9.17, 15) is 9.59 Å². The van der Waals surface area contributed by atoms with Crippen LogP contribution in [0.2, 0.25) is 5.02 Å². The number of aromatic amines is 1. The van der Waals surface area contributed by atoms with Crippen LogP contribution in [-0.4, -0.2) is 59.4 Å². The fraction of sp³-hybridized carbons (Fsp3) is 0.471. The molecule has 0 aliphatic carbocycles. The fourth-order valence-corrected chi connectivity index (χ4v) is 3.54. The van der Waals surface area contributed by atoms with Crippen molar-refractivity contribution in [3.8, 4) is 0 Å². The number of ether oxygens (including phenoxy) is 1. The van der Waals surface area contributed by atoms with Crippen LogP contribution in [0.4, 0.5) is 16.2 Å². The van der Waals surface area contributed by atoms with Gasteiger partial charge in [-0.3, -0.25) is 4.79 Å². The zero-order chi connectivity index (χ0) is 19.6. The van der Waals surface area contributed by atoms with E-state index in [0.717, 1.165) is 25.1 Å². The summed E-state index contributed by atoms with van der Waals surface area (Å²) in [6.07, 6.45) is 3.14. The first-order chi connectivity index (χ1) is 12.9. The second-order valence-corrected chi connectivity index (χ2v) is 6.89. The smallest absolute Gasteiger partial charge is 0.404 e. The van der Waals surface area contributed by atoms with Crippen molar-refractivity contribution in [1.82, 2.24) is 15.3 Å². The number of anilines is 2. The molecule has 2 aromatic rings. The van der Waals surface area contributed by atoms with Gasteiger partial charge in [-0.1, -0.05) is 11.6 Å². The number of carboxylic acid groups (broad SMARTS) is 1. The molecule has 1 fully saturated rings. The van der Waals surface area contributed by atoms with Crippen LogP contribution < -0.4 is 15.5 Å². The van der Waals surface area contributed by atoms with E-state index in [2.05, 4.69) is 20.6 Å². The number of hydrogen-bond donors (Lipinski definition) is 4. The Hall–Kier alpha value is -2.52. The number of methoxy groups -OCH3 is 1. The number of rotatable bonds is 5. The van der Waals surface area contributed by atoms with Crippen molar-refractivity contribution >= 4 is 46.0 Å². The van der Waals surface area contributed by atoms with Gasteiger partial charge >= 0.3 is 6.09 Å². The monoisotopic (exact) mass is 395 g/mol. The molecule has 9 nitrogen and oxygen atoms in total. The topological polar surface area (TPSA) is 120 Å². The van der Waals surface area contributed by atoms with Crippen molar-refractivity contribution in [3.05, 3.63) is 17.4 Å². The molecule has 1 saturated heterocycles. The van der Waals surface area contributed by atoms with E-state index in [0.29, 0.717) is 28.3 Å². The van der Waals surface area contributed by atoms with Crippen molar-refractivity contribution in [3.63, 3.8) is 0 Å². The molecule has 3 rings (SSSR count). The van der Waals surface area contributed by atoms with Gasteiger partial charge in [0.2, 0.25) is 0 Å². The lowest BCUT2D eigenvalue weighted by molar-refractivity contribution is -0.124. The Morgan fingerprint density at radius 2 is 2.30 bits per heavy atom. The molecule has 1 aliphatic rings. The van der Waals surface area contributed by atoms with E-state index in [1.807, 2.05) is 4.90 Å². The van der Waals surface area contributed by atoms with Crippen LogP contribution in [0, 0.1) is 0 Å². The molecule has 3 heterocycles. The first kappa shape index (κ1) is 19.2. The molecular weight excluding hydrogens is 374 g/mol. The highest BCUT2D eigenvalue weighted by molar-refractivity contribution is 6.35. The number of aromatic nitrogens is 2. The summed E-state index contributed by atoms with van der Waals surface area (Å²) in [6.45, 7) is 2.87. The molecule has 0 aromatic carbocycles. The minimum atomic E-state index is -1.05. The molecule has 2 atom stereocenters. The van der Waals surface area contributed by atoms with E-state index >= 15 is 0 Å². The average molecular weight is 396 g/mol. The predicted molar refractivity (Wildman–Crippen MR) is 103 cm³/mol. The van der Waals surface area contributed by atoms with Crippen LogP contribution in [0.3, 0.4) is 0 Å². The first-order valence-corrected chi connectivity index (χ1v) is 9.02. The van der Waals surface area contributed by atoms with Gasteiger partial charge in [0.05, 0.1) is 28.0 Å². The van der Waals surface area contributed by atoms with Gasteiger partial charge in [-0.15, -0.1) is 0 Å². The van der Waals surface area contributed by atoms with Gasteiger partial charge in [-0.2, -0.15) is 0 Å². The number of carbonyl (C=O) groups is 2. The Morgan fingerprint density at radius 3 is 3.00 bits per heavy atom. The van der Waals surface area contributed by atoms with Crippen molar-refractivity contribution in [2.75, 3.05) is 30.4 Å². The summed E-state index contributed by atoms with van der Waals surface area (Å²) in [7, 11) is 1.46. The number of halogens is 1. The second-order valence-electron chi connectivity index (χ2n) is 6.48. The molecule has 0 saturated carbocycles. The predicted octanol–water partition coefficient (Wildman–Crippen LogP) is 2.43. The third-order valence-corrected chi connectivity index (χ3v) is 4.95. The number of carbonyl (C=O) groups excluding carboxylic acids is 1. The highest BCUT2D eigenvalue weighted by Crippen LogP contribution is 2.38. The Morgan fingerprint density at radius 1 is 1.52 bits per heavy atom. The lowest BCUT2D eigenvalue weighted by Crippen LogP contribution is -2.47. The molecule has 146 valence electrons. The van der Waals surface area contributed by atoms with E-state index in [1.165, 1.54) is 7.11 Å². The summed E-state index contributed by atoms with van der Waals surface area (Å²) in [5, 5.41) is 15.5. The van der Waals surface area contributed by atoms with E-state index in [1.54, 1.807) is 19.3 Å². The van der Waals surface area contributed by atoms with Gasteiger partial charge in [0.25, 0.3) is 5.91 Å². The molecule has 1 aliphatic heterocycles. The number of amides is 2. The third kappa shape index (κ3) is 4.09. The Bertz CT molecular complexity index is 855. The van der Waals surface area contributed by atoms with Crippen LogP contribution in [0.5, 0.6) is 0 Å². The van der Waals surface area contributed by atoms with Crippen molar-refractivity contribution < 1.29 is 19.4 Å². The lowest BCUT2D eigenvalue weighted by Gasteiger charge is -2.35. The molecular formula is C17H22ClN5O4. The van der Waals surface area contributed by atoms with Crippen LogP contribution in [0.1, 0.15) is 19.8 Å². The summed E-state index contributed by atoms with van der Waals surface area (Å²) in [6, 6.07) is -0.193. The lowest BCUT2D eigenvalue weighted by atomic mass is 10.0. The third-order valence-electron chi connectivity index (χ3n) is 4.68. The minimum Gasteiger partial charge on any atom is -0.465 e. The summed E-state index contributed by atoms with van der Waals surface area (Å²) in [5.41, 5.74) is 1.86. The summed E-state index contributed by atoms with van der Waals surface area (Å²) in [4.78, 5) is 32.6. The van der Waals surface area contributed by atoms with Gasteiger partial charge in [0, 0.05) is 32.4 Å². The zero-order valence-electron chi connectivity index (χ0n) is 15.1. The Labute approximate surface area is 161 Å². The first-order valence-electron chi connectivity index (χ1n) is 8.64. The van der Waals surface area contributed by atoms with Crippen LogP contribution in [0.15, 0.2) is 12.4 Å². The molecule has 0 bridgehead atoms. The summed E-state index contributed by atoms with van der Waals surface area (Å²) < 4.78 is 5.06. The van der Waals surface area contributed by atoms with Gasteiger partial charge in [0.15, 0.2) is 0 Å². The molecule has 2 amide bonds.